The van der Waals surface area contributed by atoms with Crippen molar-refractivity contribution in [2.24, 2.45) is 0 Å². The molecule has 1 saturated carbocycles. The monoisotopic (exact) mass is 410 g/mol. The number of ether oxygens (including phenoxy) is 1. The van der Waals surface area contributed by atoms with Gasteiger partial charge in [-0.3, -0.25) is 19.3 Å². The normalized spacial score (nSPS) is 17.1. The van der Waals surface area contributed by atoms with Crippen LogP contribution >= 0.6 is 0 Å². The lowest BCUT2D eigenvalue weighted by atomic mass is 10.2. The van der Waals surface area contributed by atoms with E-state index < -0.39 is 18.4 Å². The van der Waals surface area contributed by atoms with Crippen molar-refractivity contribution in [3.05, 3.63) is 29.8 Å². The fourth-order valence-electron chi connectivity index (χ4n) is 2.98. The molecule has 8 nitrogen and oxygen atoms in total. The number of carbonyl (C=O) groups excluding carboxylic acids is 3. The predicted molar refractivity (Wildman–Crippen MR) is 99.1 cm³/mol. The number of benzene rings is 1. The number of alkyl halides is 2. The highest BCUT2D eigenvalue weighted by molar-refractivity contribution is 6.35. The Bertz CT molecular complexity index is 732. The Kier molecular flexibility index (Phi) is 6.97. The molecule has 1 aliphatic carbocycles. The van der Waals surface area contributed by atoms with Crippen LogP contribution in [0.4, 0.5) is 8.78 Å². The maximum atomic E-state index is 12.1. The molecule has 2 fully saturated rings. The van der Waals surface area contributed by atoms with E-state index in [1.54, 1.807) is 12.1 Å². The third kappa shape index (κ3) is 6.67. The van der Waals surface area contributed by atoms with Gasteiger partial charge in [0.1, 0.15) is 5.75 Å². The average molecular weight is 410 g/mol. The third-order valence-corrected chi connectivity index (χ3v) is 4.77. The van der Waals surface area contributed by atoms with Gasteiger partial charge in [-0.05, 0) is 30.5 Å². The maximum Gasteiger partial charge on any atom is 0.387 e. The number of nitrogens with one attached hydrogen (secondary N) is 2. The van der Waals surface area contributed by atoms with E-state index in [-0.39, 0.29) is 30.8 Å². The molecule has 0 atom stereocenters. The average Bonchev–Trinajstić information content (AvgIpc) is 3.51. The van der Waals surface area contributed by atoms with Crippen LogP contribution in [0.2, 0.25) is 0 Å². The second-order valence-electron chi connectivity index (χ2n) is 7.12. The fourth-order valence-corrected chi connectivity index (χ4v) is 2.98. The molecule has 158 valence electrons. The van der Waals surface area contributed by atoms with Gasteiger partial charge in [0.25, 0.3) is 0 Å². The topological polar surface area (TPSA) is 91.0 Å². The SMILES string of the molecule is O=C(CN1CCN(C(=O)C(=O)NC2CC2)CC1)NCc1ccc(OC(F)F)cc1. The molecule has 0 bridgehead atoms. The van der Waals surface area contributed by atoms with Gasteiger partial charge in [0.15, 0.2) is 0 Å². The molecule has 1 saturated heterocycles. The van der Waals surface area contributed by atoms with Gasteiger partial charge in [0.2, 0.25) is 5.91 Å². The van der Waals surface area contributed by atoms with Crippen LogP contribution in [0.25, 0.3) is 0 Å². The molecule has 2 aliphatic rings. The second-order valence-corrected chi connectivity index (χ2v) is 7.12. The number of carbonyl (C=O) groups is 3. The smallest absolute Gasteiger partial charge is 0.387 e. The Morgan fingerprint density at radius 3 is 2.31 bits per heavy atom. The summed E-state index contributed by atoms with van der Waals surface area (Å²) >= 11 is 0. The van der Waals surface area contributed by atoms with E-state index in [4.69, 9.17) is 0 Å². The first-order chi connectivity index (χ1) is 13.9. The van der Waals surface area contributed by atoms with Crippen LogP contribution in [0.5, 0.6) is 5.75 Å². The van der Waals surface area contributed by atoms with Crippen molar-refractivity contribution in [1.29, 1.82) is 0 Å². The highest BCUT2D eigenvalue weighted by Crippen LogP contribution is 2.18. The molecule has 2 N–H and O–H groups in total. The lowest BCUT2D eigenvalue weighted by Gasteiger charge is -2.33. The molecular weight excluding hydrogens is 386 g/mol. The number of piperazine rings is 1. The zero-order valence-electron chi connectivity index (χ0n) is 15.9. The Hall–Kier alpha value is -2.75. The van der Waals surface area contributed by atoms with Gasteiger partial charge in [-0.2, -0.15) is 8.78 Å². The molecule has 1 aromatic rings. The molecule has 29 heavy (non-hydrogen) atoms. The van der Waals surface area contributed by atoms with Crippen molar-refractivity contribution in [1.82, 2.24) is 20.4 Å². The lowest BCUT2D eigenvalue weighted by Crippen LogP contribution is -2.54. The number of hydrogen-bond acceptors (Lipinski definition) is 5. The van der Waals surface area contributed by atoms with E-state index in [0.29, 0.717) is 26.2 Å². The van der Waals surface area contributed by atoms with Gasteiger partial charge < -0.3 is 20.3 Å². The Labute approximate surface area is 167 Å². The molecule has 1 heterocycles. The van der Waals surface area contributed by atoms with Crippen LogP contribution in [0, 0.1) is 0 Å². The fraction of sp³-hybridized carbons (Fsp3) is 0.526. The molecule has 1 aromatic carbocycles. The Balaban J connectivity index is 1.35. The number of halogens is 2. The van der Waals surface area contributed by atoms with Crippen LogP contribution < -0.4 is 15.4 Å². The highest BCUT2D eigenvalue weighted by atomic mass is 19.3. The van der Waals surface area contributed by atoms with Gasteiger partial charge in [0.05, 0.1) is 6.54 Å². The van der Waals surface area contributed by atoms with Crippen molar-refractivity contribution in [3.8, 4) is 5.75 Å². The van der Waals surface area contributed by atoms with Crippen molar-refractivity contribution in [3.63, 3.8) is 0 Å². The van der Waals surface area contributed by atoms with E-state index in [9.17, 15) is 23.2 Å². The standard InChI is InChI=1S/C19H24F2N4O4/c20-19(21)29-15-5-1-13(2-6-15)11-22-16(26)12-24-7-9-25(10-8-24)18(28)17(27)23-14-3-4-14/h1-2,5-6,14,19H,3-4,7-12H2,(H,22,26)(H,23,27). The van der Waals surface area contributed by atoms with E-state index >= 15 is 0 Å². The van der Waals surface area contributed by atoms with Crippen LogP contribution in [0.3, 0.4) is 0 Å². The summed E-state index contributed by atoms with van der Waals surface area (Å²) in [6.45, 7) is -0.600. The van der Waals surface area contributed by atoms with Crippen molar-refractivity contribution < 1.29 is 27.9 Å². The number of amides is 3. The van der Waals surface area contributed by atoms with E-state index in [2.05, 4.69) is 15.4 Å². The first-order valence-corrected chi connectivity index (χ1v) is 9.53. The summed E-state index contributed by atoms with van der Waals surface area (Å²) in [6.07, 6.45) is 1.85. The van der Waals surface area contributed by atoms with Crippen molar-refractivity contribution in [2.45, 2.75) is 32.0 Å². The summed E-state index contributed by atoms with van der Waals surface area (Å²) < 4.78 is 28.5. The summed E-state index contributed by atoms with van der Waals surface area (Å²) in [6, 6.07) is 6.20. The first kappa shape index (κ1) is 21.0. The minimum atomic E-state index is -2.87. The molecule has 0 radical (unpaired) electrons. The molecule has 0 spiro atoms. The van der Waals surface area contributed by atoms with Crippen LogP contribution in [-0.4, -0.2) is 72.9 Å². The summed E-state index contributed by atoms with van der Waals surface area (Å²) in [5.41, 5.74) is 0.761. The number of hydrogen-bond donors (Lipinski definition) is 2. The van der Waals surface area contributed by atoms with Crippen molar-refractivity contribution >= 4 is 17.7 Å². The van der Waals surface area contributed by atoms with Crippen molar-refractivity contribution in [2.75, 3.05) is 32.7 Å². The zero-order chi connectivity index (χ0) is 20.8. The molecule has 1 aliphatic heterocycles. The minimum Gasteiger partial charge on any atom is -0.435 e. The second kappa shape index (κ2) is 9.64. The zero-order valence-corrected chi connectivity index (χ0v) is 15.9. The van der Waals surface area contributed by atoms with Crippen LogP contribution in [-0.2, 0) is 20.9 Å². The molecule has 10 heteroatoms. The lowest BCUT2D eigenvalue weighted by molar-refractivity contribution is -0.147. The van der Waals surface area contributed by atoms with Gasteiger partial charge >= 0.3 is 18.4 Å². The van der Waals surface area contributed by atoms with E-state index in [0.717, 1.165) is 18.4 Å². The summed E-state index contributed by atoms with van der Waals surface area (Å²) in [7, 11) is 0. The molecule has 0 unspecified atom stereocenters. The maximum absolute atomic E-state index is 12.1. The minimum absolute atomic E-state index is 0.0632. The Morgan fingerprint density at radius 2 is 1.72 bits per heavy atom. The molecule has 0 aromatic heterocycles. The number of rotatable bonds is 7. The Morgan fingerprint density at radius 1 is 1.07 bits per heavy atom. The van der Waals surface area contributed by atoms with E-state index in [1.807, 2.05) is 4.90 Å². The largest absolute Gasteiger partial charge is 0.435 e. The molecular formula is C19H24F2N4O4. The van der Waals surface area contributed by atoms with Gasteiger partial charge in [-0.25, -0.2) is 0 Å². The molecule has 3 amide bonds. The van der Waals surface area contributed by atoms with Gasteiger partial charge in [-0.1, -0.05) is 12.1 Å². The van der Waals surface area contributed by atoms with Crippen LogP contribution in [0.1, 0.15) is 18.4 Å². The summed E-state index contributed by atoms with van der Waals surface area (Å²) in [4.78, 5) is 39.5. The van der Waals surface area contributed by atoms with Gasteiger partial charge in [-0.15, -0.1) is 0 Å². The third-order valence-electron chi connectivity index (χ3n) is 4.77. The van der Waals surface area contributed by atoms with E-state index in [1.165, 1.54) is 17.0 Å². The summed E-state index contributed by atoms with van der Waals surface area (Å²) in [5, 5.41) is 5.46. The van der Waals surface area contributed by atoms with Gasteiger partial charge in [0, 0.05) is 38.8 Å². The molecule has 3 rings (SSSR count). The number of nitrogens with zero attached hydrogens (tertiary/aromatic N) is 2. The first-order valence-electron chi connectivity index (χ1n) is 9.53. The quantitative estimate of drug-likeness (QED) is 0.632. The summed E-state index contributed by atoms with van der Waals surface area (Å²) in [5.74, 6) is -1.18. The highest BCUT2D eigenvalue weighted by Gasteiger charge is 2.30. The van der Waals surface area contributed by atoms with Crippen LogP contribution in [0.15, 0.2) is 24.3 Å². The predicted octanol–water partition coefficient (Wildman–Crippen LogP) is 0.327.